The summed E-state index contributed by atoms with van der Waals surface area (Å²) < 4.78 is 5.69. The summed E-state index contributed by atoms with van der Waals surface area (Å²) in [5, 5.41) is 5.19. The second-order valence-electron chi connectivity index (χ2n) is 8.84. The summed E-state index contributed by atoms with van der Waals surface area (Å²) in [4.78, 5) is 29.8. The second kappa shape index (κ2) is 11.3. The number of carbonyl (C=O) groups excluding carboxylic acids is 2. The van der Waals surface area contributed by atoms with Gasteiger partial charge >= 0.3 is 0 Å². The van der Waals surface area contributed by atoms with E-state index in [1.165, 1.54) is 12.0 Å². The molecule has 0 bridgehead atoms. The number of aryl methyl sites for hydroxylation is 1. The van der Waals surface area contributed by atoms with Gasteiger partial charge in [-0.05, 0) is 55.3 Å². The minimum atomic E-state index is -0.779. The zero-order valence-corrected chi connectivity index (χ0v) is 20.0. The Kier molecular flexibility index (Phi) is 8.00. The van der Waals surface area contributed by atoms with Crippen molar-refractivity contribution in [2.75, 3.05) is 6.54 Å². The van der Waals surface area contributed by atoms with Crippen molar-refractivity contribution < 1.29 is 14.0 Å². The highest BCUT2D eigenvalue weighted by Crippen LogP contribution is 2.26. The molecule has 6 heteroatoms. The molecule has 2 heterocycles. The molecule has 1 atom stereocenters. The molecule has 0 aliphatic heterocycles. The van der Waals surface area contributed by atoms with Crippen molar-refractivity contribution in [1.82, 2.24) is 10.2 Å². The zero-order chi connectivity index (χ0) is 23.0. The second-order valence-corrected chi connectivity index (χ2v) is 9.88. The van der Waals surface area contributed by atoms with Gasteiger partial charge in [0.25, 0.3) is 5.91 Å². The molecule has 0 radical (unpaired) electrons. The molecule has 174 valence electrons. The highest BCUT2D eigenvalue weighted by atomic mass is 32.1. The maximum atomic E-state index is 13.6. The zero-order valence-electron chi connectivity index (χ0n) is 19.2. The van der Waals surface area contributed by atoms with Gasteiger partial charge in [0.2, 0.25) is 5.91 Å². The molecule has 1 aliphatic rings. The highest BCUT2D eigenvalue weighted by molar-refractivity contribution is 7.10. The van der Waals surface area contributed by atoms with Crippen LogP contribution in [-0.4, -0.2) is 29.3 Å². The van der Waals surface area contributed by atoms with Gasteiger partial charge in [0.15, 0.2) is 6.04 Å². The van der Waals surface area contributed by atoms with Crippen LogP contribution in [0.5, 0.6) is 0 Å². The van der Waals surface area contributed by atoms with Crippen molar-refractivity contribution in [3.8, 4) is 0 Å². The van der Waals surface area contributed by atoms with E-state index in [2.05, 4.69) is 30.4 Å². The molecule has 2 aromatic heterocycles. The maximum absolute atomic E-state index is 13.6. The minimum Gasteiger partial charge on any atom is -0.467 e. The lowest BCUT2D eigenvalue weighted by molar-refractivity contribution is -0.141. The van der Waals surface area contributed by atoms with Gasteiger partial charge in [-0.3, -0.25) is 9.59 Å². The Labute approximate surface area is 199 Å². The number of thiophene rings is 1. The predicted molar refractivity (Wildman–Crippen MR) is 131 cm³/mol. The number of carbonyl (C=O) groups is 2. The first-order chi connectivity index (χ1) is 16.1. The molecule has 1 unspecified atom stereocenters. The smallest absolute Gasteiger partial charge is 0.250 e. The van der Waals surface area contributed by atoms with E-state index in [4.69, 9.17) is 4.42 Å². The van der Waals surface area contributed by atoms with E-state index in [9.17, 15) is 9.59 Å². The molecule has 1 aromatic carbocycles. The quantitative estimate of drug-likeness (QED) is 0.458. The van der Waals surface area contributed by atoms with E-state index in [-0.39, 0.29) is 24.3 Å². The molecule has 1 N–H and O–H groups in total. The summed E-state index contributed by atoms with van der Waals surface area (Å²) in [6.07, 6.45) is 7.97. The molecule has 2 amide bonds. The molecule has 1 saturated carbocycles. The molecule has 5 nitrogen and oxygen atoms in total. The van der Waals surface area contributed by atoms with Gasteiger partial charge in [-0.15, -0.1) is 11.3 Å². The lowest BCUT2D eigenvalue weighted by atomic mass is 9.95. The van der Waals surface area contributed by atoms with Crippen LogP contribution in [0, 0.1) is 6.92 Å². The number of hydrogen-bond acceptors (Lipinski definition) is 4. The molecule has 3 aromatic rings. The van der Waals surface area contributed by atoms with Crippen LogP contribution < -0.4 is 5.32 Å². The SMILES string of the molecule is Cc1cccc(CCN(C(=O)Cc2cccs2)C(C(=O)NC2CCCCC2)c2ccco2)c1. The van der Waals surface area contributed by atoms with E-state index in [1.54, 1.807) is 34.6 Å². The molecule has 0 saturated heterocycles. The van der Waals surface area contributed by atoms with Crippen molar-refractivity contribution in [3.63, 3.8) is 0 Å². The van der Waals surface area contributed by atoms with Gasteiger partial charge in [-0.1, -0.05) is 55.2 Å². The largest absolute Gasteiger partial charge is 0.467 e. The van der Waals surface area contributed by atoms with Crippen LogP contribution in [-0.2, 0) is 22.4 Å². The van der Waals surface area contributed by atoms with Gasteiger partial charge in [-0.25, -0.2) is 0 Å². The Morgan fingerprint density at radius 3 is 2.67 bits per heavy atom. The van der Waals surface area contributed by atoms with Crippen LogP contribution in [0.15, 0.2) is 64.6 Å². The summed E-state index contributed by atoms with van der Waals surface area (Å²) in [5.74, 6) is 0.290. The first-order valence-electron chi connectivity index (χ1n) is 11.8. The van der Waals surface area contributed by atoms with Crippen LogP contribution in [0.4, 0.5) is 0 Å². The van der Waals surface area contributed by atoms with Gasteiger partial charge < -0.3 is 14.6 Å². The topological polar surface area (TPSA) is 62.6 Å². The van der Waals surface area contributed by atoms with Crippen molar-refractivity contribution in [2.45, 2.75) is 64.0 Å². The molecular formula is C27H32N2O3S. The average Bonchev–Trinajstić information content (AvgIpc) is 3.52. The molecular weight excluding hydrogens is 432 g/mol. The molecule has 4 rings (SSSR count). The Hall–Kier alpha value is -2.86. The van der Waals surface area contributed by atoms with Crippen LogP contribution in [0.2, 0.25) is 0 Å². The van der Waals surface area contributed by atoms with Crippen molar-refractivity contribution in [3.05, 3.63) is 81.9 Å². The maximum Gasteiger partial charge on any atom is 0.250 e. The third kappa shape index (κ3) is 6.35. The standard InChI is InChI=1S/C27H32N2O3S/c1-20-8-5-9-21(18-20)14-15-29(25(30)19-23-12-7-17-33-23)26(24-13-6-16-32-24)27(31)28-22-10-3-2-4-11-22/h5-9,12-13,16-18,22,26H,2-4,10-11,14-15,19H2,1H3,(H,28,31). The fourth-order valence-electron chi connectivity index (χ4n) is 4.58. The van der Waals surface area contributed by atoms with Crippen molar-refractivity contribution in [1.29, 1.82) is 0 Å². The Balaban J connectivity index is 1.59. The number of nitrogens with one attached hydrogen (secondary N) is 1. The molecule has 0 spiro atoms. The number of furan rings is 1. The van der Waals surface area contributed by atoms with E-state index >= 15 is 0 Å². The predicted octanol–water partition coefficient (Wildman–Crippen LogP) is 5.45. The summed E-state index contributed by atoms with van der Waals surface area (Å²) in [7, 11) is 0. The summed E-state index contributed by atoms with van der Waals surface area (Å²) in [6.45, 7) is 2.50. The number of nitrogens with zero attached hydrogens (tertiary/aromatic N) is 1. The van der Waals surface area contributed by atoms with Crippen LogP contribution in [0.3, 0.4) is 0 Å². The van der Waals surface area contributed by atoms with Crippen LogP contribution in [0.25, 0.3) is 0 Å². The summed E-state index contributed by atoms with van der Waals surface area (Å²) in [5.41, 5.74) is 2.33. The average molecular weight is 465 g/mol. The normalized spacial score (nSPS) is 15.2. The lowest BCUT2D eigenvalue weighted by Gasteiger charge is -2.32. The Morgan fingerprint density at radius 1 is 1.12 bits per heavy atom. The summed E-state index contributed by atoms with van der Waals surface area (Å²) in [6, 6.07) is 15.2. The number of benzene rings is 1. The lowest BCUT2D eigenvalue weighted by Crippen LogP contribution is -2.48. The minimum absolute atomic E-state index is 0.0645. The van der Waals surface area contributed by atoms with E-state index < -0.39 is 6.04 Å². The van der Waals surface area contributed by atoms with E-state index in [0.29, 0.717) is 18.7 Å². The monoisotopic (exact) mass is 464 g/mol. The number of hydrogen-bond donors (Lipinski definition) is 1. The van der Waals surface area contributed by atoms with E-state index in [1.807, 2.05) is 23.6 Å². The van der Waals surface area contributed by atoms with Crippen molar-refractivity contribution in [2.24, 2.45) is 0 Å². The van der Waals surface area contributed by atoms with Crippen molar-refractivity contribution >= 4 is 23.2 Å². The van der Waals surface area contributed by atoms with Crippen LogP contribution in [0.1, 0.15) is 59.9 Å². The van der Waals surface area contributed by atoms with Gasteiger partial charge in [0.05, 0.1) is 12.7 Å². The number of amides is 2. The molecule has 1 aliphatic carbocycles. The van der Waals surface area contributed by atoms with E-state index in [0.717, 1.165) is 36.1 Å². The van der Waals surface area contributed by atoms with Gasteiger partial charge in [0, 0.05) is 17.5 Å². The third-order valence-electron chi connectivity index (χ3n) is 6.27. The molecule has 33 heavy (non-hydrogen) atoms. The van der Waals surface area contributed by atoms with Gasteiger partial charge in [-0.2, -0.15) is 0 Å². The number of rotatable bonds is 9. The summed E-state index contributed by atoms with van der Waals surface area (Å²) >= 11 is 1.56. The molecule has 1 fully saturated rings. The fraction of sp³-hybridized carbons (Fsp3) is 0.407. The fourth-order valence-corrected chi connectivity index (χ4v) is 5.27. The Morgan fingerprint density at radius 2 is 1.97 bits per heavy atom. The van der Waals surface area contributed by atoms with Gasteiger partial charge in [0.1, 0.15) is 5.76 Å². The third-order valence-corrected chi connectivity index (χ3v) is 7.15. The first-order valence-corrected chi connectivity index (χ1v) is 12.7. The van der Waals surface area contributed by atoms with Crippen LogP contribution >= 0.6 is 11.3 Å². The first kappa shape index (κ1) is 23.3. The highest BCUT2D eigenvalue weighted by Gasteiger charge is 2.34. The Bertz CT molecular complexity index is 1020.